The van der Waals surface area contributed by atoms with E-state index in [2.05, 4.69) is 4.90 Å². The lowest BCUT2D eigenvalue weighted by Crippen LogP contribution is -2.40. The van der Waals surface area contributed by atoms with E-state index < -0.39 is 5.97 Å². The van der Waals surface area contributed by atoms with Crippen LogP contribution in [0.3, 0.4) is 0 Å². The molecule has 0 bridgehead atoms. The van der Waals surface area contributed by atoms with Crippen LogP contribution in [0.5, 0.6) is 0 Å². The Kier molecular flexibility index (Phi) is 4.35. The van der Waals surface area contributed by atoms with Crippen molar-refractivity contribution in [1.29, 1.82) is 0 Å². The fraction of sp³-hybridized carbons (Fsp3) is 0.900. The highest BCUT2D eigenvalue weighted by Gasteiger charge is 2.23. The maximum Gasteiger partial charge on any atom is 0.304 e. The first kappa shape index (κ1) is 11.5. The lowest BCUT2D eigenvalue weighted by molar-refractivity contribution is -0.137. The number of carboxylic acid groups (broad SMARTS) is 1. The first-order valence-corrected chi connectivity index (χ1v) is 5.22. The number of aliphatic carboxylic acids is 1. The average molecular weight is 201 g/mol. The fourth-order valence-corrected chi connectivity index (χ4v) is 1.94. The number of nitrogens with zero attached hydrogens (tertiary/aromatic N) is 1. The summed E-state index contributed by atoms with van der Waals surface area (Å²) < 4.78 is 0. The fourth-order valence-electron chi connectivity index (χ4n) is 1.94. The average Bonchev–Trinajstić information content (AvgIpc) is 2.15. The van der Waals surface area contributed by atoms with Crippen molar-refractivity contribution >= 4 is 5.97 Å². The van der Waals surface area contributed by atoms with Crippen LogP contribution in [0.2, 0.25) is 0 Å². The first-order valence-electron chi connectivity index (χ1n) is 5.22. The molecule has 14 heavy (non-hydrogen) atoms. The van der Waals surface area contributed by atoms with Gasteiger partial charge >= 0.3 is 5.97 Å². The summed E-state index contributed by atoms with van der Waals surface area (Å²) in [5.41, 5.74) is 0. The Balaban J connectivity index is 2.29. The number of carboxylic acids is 1. The molecule has 0 amide bonds. The van der Waals surface area contributed by atoms with Crippen LogP contribution >= 0.6 is 0 Å². The molecule has 2 N–H and O–H groups in total. The van der Waals surface area contributed by atoms with Crippen LogP contribution in [0, 0.1) is 5.92 Å². The SMILES string of the molecule is C[C@@H](O)[C@@H]1CCCN(CCC(=O)O)C1. The molecule has 1 fully saturated rings. The van der Waals surface area contributed by atoms with Gasteiger partial charge in [-0.3, -0.25) is 4.79 Å². The minimum atomic E-state index is -0.746. The number of aliphatic hydroxyl groups is 1. The van der Waals surface area contributed by atoms with Crippen molar-refractivity contribution in [2.75, 3.05) is 19.6 Å². The summed E-state index contributed by atoms with van der Waals surface area (Å²) in [6.45, 7) is 4.23. The van der Waals surface area contributed by atoms with Gasteiger partial charge in [0.25, 0.3) is 0 Å². The smallest absolute Gasteiger partial charge is 0.304 e. The van der Waals surface area contributed by atoms with Crippen molar-refractivity contribution in [3.8, 4) is 0 Å². The number of carbonyl (C=O) groups is 1. The van der Waals surface area contributed by atoms with E-state index in [1.807, 2.05) is 6.92 Å². The summed E-state index contributed by atoms with van der Waals surface area (Å²) in [5, 5.41) is 18.0. The number of piperidine rings is 1. The quantitative estimate of drug-likeness (QED) is 0.697. The first-order chi connectivity index (χ1) is 6.59. The van der Waals surface area contributed by atoms with Crippen molar-refractivity contribution in [1.82, 2.24) is 4.90 Å². The largest absolute Gasteiger partial charge is 0.481 e. The van der Waals surface area contributed by atoms with E-state index in [4.69, 9.17) is 5.11 Å². The summed E-state index contributed by atoms with van der Waals surface area (Å²) in [4.78, 5) is 12.5. The second kappa shape index (κ2) is 5.32. The van der Waals surface area contributed by atoms with E-state index in [0.717, 1.165) is 25.9 Å². The Morgan fingerprint density at radius 2 is 2.36 bits per heavy atom. The van der Waals surface area contributed by atoms with E-state index in [0.29, 0.717) is 12.5 Å². The van der Waals surface area contributed by atoms with Gasteiger partial charge in [-0.05, 0) is 32.2 Å². The predicted molar refractivity (Wildman–Crippen MR) is 53.1 cm³/mol. The van der Waals surface area contributed by atoms with Crippen molar-refractivity contribution in [3.05, 3.63) is 0 Å². The monoisotopic (exact) mass is 201 g/mol. The molecule has 0 radical (unpaired) electrons. The van der Waals surface area contributed by atoms with E-state index in [9.17, 15) is 9.90 Å². The number of aliphatic hydroxyl groups excluding tert-OH is 1. The van der Waals surface area contributed by atoms with Crippen molar-refractivity contribution < 1.29 is 15.0 Å². The zero-order valence-electron chi connectivity index (χ0n) is 8.65. The minimum absolute atomic E-state index is 0.201. The highest BCUT2D eigenvalue weighted by atomic mass is 16.4. The Hall–Kier alpha value is -0.610. The van der Waals surface area contributed by atoms with Gasteiger partial charge in [-0.1, -0.05) is 0 Å². The summed E-state index contributed by atoms with van der Waals surface area (Å²) in [6, 6.07) is 0. The van der Waals surface area contributed by atoms with Crippen LogP contribution < -0.4 is 0 Å². The summed E-state index contributed by atoms with van der Waals surface area (Å²) in [6.07, 6.45) is 2.05. The topological polar surface area (TPSA) is 60.8 Å². The van der Waals surface area contributed by atoms with Crippen molar-refractivity contribution in [2.24, 2.45) is 5.92 Å². The van der Waals surface area contributed by atoms with Crippen molar-refractivity contribution in [3.63, 3.8) is 0 Å². The molecule has 4 nitrogen and oxygen atoms in total. The molecule has 4 heteroatoms. The Morgan fingerprint density at radius 3 is 2.93 bits per heavy atom. The molecule has 1 saturated heterocycles. The molecule has 1 aliphatic heterocycles. The predicted octanol–water partition coefficient (Wildman–Crippen LogP) is 0.554. The molecule has 1 heterocycles. The molecule has 0 spiro atoms. The molecule has 0 aliphatic carbocycles. The molecule has 2 atom stereocenters. The third kappa shape index (κ3) is 3.64. The number of rotatable bonds is 4. The molecule has 0 aromatic rings. The highest BCUT2D eigenvalue weighted by Crippen LogP contribution is 2.19. The summed E-state index contributed by atoms with van der Waals surface area (Å²) in [7, 11) is 0. The maximum atomic E-state index is 10.4. The van der Waals surface area contributed by atoms with E-state index in [1.165, 1.54) is 0 Å². The second-order valence-corrected chi connectivity index (χ2v) is 4.09. The number of hydrogen-bond acceptors (Lipinski definition) is 3. The van der Waals surface area contributed by atoms with Gasteiger partial charge in [0.15, 0.2) is 0 Å². The molecule has 0 aromatic carbocycles. The van der Waals surface area contributed by atoms with Gasteiger partial charge in [0.05, 0.1) is 12.5 Å². The van der Waals surface area contributed by atoms with Gasteiger partial charge in [0.1, 0.15) is 0 Å². The lowest BCUT2D eigenvalue weighted by atomic mass is 9.93. The second-order valence-electron chi connectivity index (χ2n) is 4.09. The van der Waals surface area contributed by atoms with Crippen LogP contribution in [0.1, 0.15) is 26.2 Å². The van der Waals surface area contributed by atoms with Crippen LogP contribution in [0.15, 0.2) is 0 Å². The lowest BCUT2D eigenvalue weighted by Gasteiger charge is -2.33. The molecular formula is C10H19NO3. The van der Waals surface area contributed by atoms with Gasteiger partial charge in [-0.25, -0.2) is 0 Å². The minimum Gasteiger partial charge on any atom is -0.481 e. The third-order valence-corrected chi connectivity index (χ3v) is 2.87. The van der Waals surface area contributed by atoms with Gasteiger partial charge in [-0.15, -0.1) is 0 Å². The van der Waals surface area contributed by atoms with E-state index >= 15 is 0 Å². The standard InChI is InChI=1S/C10H19NO3/c1-8(12)9-3-2-5-11(7-9)6-4-10(13)14/h8-9,12H,2-7H2,1H3,(H,13,14)/t8-,9-/m1/s1. The molecule has 1 aliphatic rings. The van der Waals surface area contributed by atoms with Gasteiger partial charge < -0.3 is 15.1 Å². The van der Waals surface area contributed by atoms with Gasteiger partial charge in [0.2, 0.25) is 0 Å². The molecule has 1 rings (SSSR count). The molecule has 0 aromatic heterocycles. The zero-order valence-corrected chi connectivity index (χ0v) is 8.65. The molecule has 82 valence electrons. The van der Waals surface area contributed by atoms with Crippen LogP contribution in [0.25, 0.3) is 0 Å². The molecule has 0 saturated carbocycles. The van der Waals surface area contributed by atoms with Gasteiger partial charge in [0, 0.05) is 13.1 Å². The molecule has 0 unspecified atom stereocenters. The Morgan fingerprint density at radius 1 is 1.64 bits per heavy atom. The third-order valence-electron chi connectivity index (χ3n) is 2.87. The van der Waals surface area contributed by atoms with Crippen LogP contribution in [0.4, 0.5) is 0 Å². The van der Waals surface area contributed by atoms with E-state index in [-0.39, 0.29) is 12.5 Å². The Bertz CT molecular complexity index is 194. The van der Waals surface area contributed by atoms with Crippen LogP contribution in [-0.4, -0.2) is 46.8 Å². The highest BCUT2D eigenvalue weighted by molar-refractivity contribution is 5.66. The summed E-state index contributed by atoms with van der Waals surface area (Å²) in [5.74, 6) is -0.429. The zero-order chi connectivity index (χ0) is 10.6. The summed E-state index contributed by atoms with van der Waals surface area (Å²) >= 11 is 0. The van der Waals surface area contributed by atoms with E-state index in [1.54, 1.807) is 0 Å². The van der Waals surface area contributed by atoms with Crippen molar-refractivity contribution in [2.45, 2.75) is 32.3 Å². The maximum absolute atomic E-state index is 10.4. The van der Waals surface area contributed by atoms with Gasteiger partial charge in [-0.2, -0.15) is 0 Å². The van der Waals surface area contributed by atoms with Crippen LogP contribution in [-0.2, 0) is 4.79 Å². The Labute approximate surface area is 84.5 Å². The number of hydrogen-bond donors (Lipinski definition) is 2. The number of likely N-dealkylation sites (tertiary alicyclic amines) is 1. The normalized spacial score (nSPS) is 26.0. The molecular weight excluding hydrogens is 182 g/mol.